The molecule has 2 aromatic rings. The summed E-state index contributed by atoms with van der Waals surface area (Å²) in [4.78, 5) is 4.31. The number of aryl methyl sites for hydroxylation is 1. The third kappa shape index (κ3) is 6.74. The van der Waals surface area contributed by atoms with E-state index in [1.165, 1.54) is 30.6 Å². The van der Waals surface area contributed by atoms with Crippen LogP contribution in [0.5, 0.6) is 11.5 Å². The Balaban J connectivity index is 1.94. The number of nitrogens with one attached hydrogen (secondary N) is 1. The highest BCUT2D eigenvalue weighted by atomic mass is 32.1. The lowest BCUT2D eigenvalue weighted by molar-refractivity contribution is 0.270. The summed E-state index contributed by atoms with van der Waals surface area (Å²) in [6.45, 7) is 7.46. The van der Waals surface area contributed by atoms with E-state index in [0.717, 1.165) is 40.9 Å². The van der Waals surface area contributed by atoms with E-state index in [9.17, 15) is 0 Å². The van der Waals surface area contributed by atoms with Crippen LogP contribution >= 0.6 is 11.3 Å². The van der Waals surface area contributed by atoms with Crippen LogP contribution in [-0.4, -0.2) is 24.4 Å². The van der Waals surface area contributed by atoms with Crippen molar-refractivity contribution >= 4 is 22.7 Å². The van der Waals surface area contributed by atoms with Crippen molar-refractivity contribution in [1.82, 2.24) is 4.98 Å². The van der Waals surface area contributed by atoms with E-state index >= 15 is 0 Å². The topological polar surface area (TPSA) is 55.7 Å². The van der Waals surface area contributed by atoms with Gasteiger partial charge in [-0.1, -0.05) is 26.2 Å². The molecule has 0 bridgehead atoms. The normalized spacial score (nSPS) is 11.0. The molecule has 1 N–H and O–H groups in total. The van der Waals surface area contributed by atoms with E-state index in [0.29, 0.717) is 6.61 Å². The molecule has 1 heterocycles. The maximum absolute atomic E-state index is 5.87. The average Bonchev–Trinajstić information content (AvgIpc) is 3.02. The molecule has 1 aromatic carbocycles. The van der Waals surface area contributed by atoms with Crippen molar-refractivity contribution in [3.63, 3.8) is 0 Å². The number of benzene rings is 1. The van der Waals surface area contributed by atoms with Gasteiger partial charge in [-0.2, -0.15) is 5.10 Å². The first-order valence-corrected chi connectivity index (χ1v) is 9.71. The Morgan fingerprint density at radius 1 is 1.16 bits per heavy atom. The lowest BCUT2D eigenvalue weighted by Gasteiger charge is -2.12. The Kier molecular flexibility index (Phi) is 8.25. The highest BCUT2D eigenvalue weighted by Crippen LogP contribution is 2.28. The van der Waals surface area contributed by atoms with Crippen LogP contribution in [0.4, 0.5) is 5.13 Å². The van der Waals surface area contributed by atoms with E-state index in [1.807, 2.05) is 37.4 Å². The molecule has 0 aliphatic carbocycles. The zero-order valence-electron chi connectivity index (χ0n) is 15.2. The van der Waals surface area contributed by atoms with Crippen molar-refractivity contribution < 1.29 is 9.47 Å². The maximum atomic E-state index is 5.87. The van der Waals surface area contributed by atoms with Gasteiger partial charge in [0.1, 0.15) is 0 Å². The minimum Gasteiger partial charge on any atom is -0.490 e. The SMILES string of the molecule is CCCCCCOc1ccc(/C=N\Nc2nc(C)cs2)cc1OCC. The summed E-state index contributed by atoms with van der Waals surface area (Å²) in [5, 5.41) is 7.00. The van der Waals surface area contributed by atoms with Gasteiger partial charge in [0.25, 0.3) is 0 Å². The van der Waals surface area contributed by atoms with Gasteiger partial charge in [0.15, 0.2) is 11.5 Å². The Morgan fingerprint density at radius 2 is 2.04 bits per heavy atom. The largest absolute Gasteiger partial charge is 0.490 e. The molecule has 2 rings (SSSR count). The number of ether oxygens (including phenoxy) is 2. The molecule has 25 heavy (non-hydrogen) atoms. The molecule has 0 aliphatic heterocycles. The molecule has 0 saturated carbocycles. The smallest absolute Gasteiger partial charge is 0.203 e. The average molecular weight is 362 g/mol. The van der Waals surface area contributed by atoms with Gasteiger partial charge >= 0.3 is 0 Å². The van der Waals surface area contributed by atoms with Crippen molar-refractivity contribution in [2.75, 3.05) is 18.6 Å². The molecule has 1 aromatic heterocycles. The predicted molar refractivity (Wildman–Crippen MR) is 105 cm³/mol. The maximum Gasteiger partial charge on any atom is 0.203 e. The molecule has 0 atom stereocenters. The first-order chi connectivity index (χ1) is 12.2. The van der Waals surface area contributed by atoms with Crippen LogP contribution in [0.2, 0.25) is 0 Å². The van der Waals surface area contributed by atoms with Crippen molar-refractivity contribution in [2.45, 2.75) is 46.5 Å². The van der Waals surface area contributed by atoms with Crippen LogP contribution in [0.3, 0.4) is 0 Å². The fraction of sp³-hybridized carbons (Fsp3) is 0.474. The molecular formula is C19H27N3O2S. The van der Waals surface area contributed by atoms with Crippen LogP contribution in [0.25, 0.3) is 0 Å². The standard InChI is InChI=1S/C19H27N3O2S/c1-4-6-7-8-11-24-17-10-9-16(12-18(17)23-5-2)13-20-22-19-21-15(3)14-25-19/h9-10,12-14H,4-8,11H2,1-3H3,(H,21,22)/b20-13-. The van der Waals surface area contributed by atoms with Gasteiger partial charge in [-0.3, -0.25) is 5.43 Å². The molecule has 0 aliphatic rings. The quantitative estimate of drug-likeness (QED) is 0.337. The summed E-state index contributed by atoms with van der Waals surface area (Å²) < 4.78 is 11.6. The first kappa shape index (κ1) is 19.2. The number of hydrogen-bond acceptors (Lipinski definition) is 6. The Bertz CT molecular complexity index is 670. The van der Waals surface area contributed by atoms with Crippen molar-refractivity contribution in [3.8, 4) is 11.5 Å². The van der Waals surface area contributed by atoms with Crippen molar-refractivity contribution in [2.24, 2.45) is 5.10 Å². The molecular weight excluding hydrogens is 334 g/mol. The lowest BCUT2D eigenvalue weighted by atomic mass is 10.2. The van der Waals surface area contributed by atoms with E-state index in [4.69, 9.17) is 9.47 Å². The summed E-state index contributed by atoms with van der Waals surface area (Å²) in [5.74, 6) is 1.55. The van der Waals surface area contributed by atoms with Gasteiger partial charge in [0, 0.05) is 5.38 Å². The number of unbranched alkanes of at least 4 members (excludes halogenated alkanes) is 3. The van der Waals surface area contributed by atoms with Crippen LogP contribution in [0, 0.1) is 6.92 Å². The third-order valence-corrected chi connectivity index (χ3v) is 4.38. The molecule has 136 valence electrons. The predicted octanol–water partition coefficient (Wildman–Crippen LogP) is 5.26. The van der Waals surface area contributed by atoms with Crippen molar-refractivity contribution in [3.05, 3.63) is 34.8 Å². The molecule has 0 radical (unpaired) electrons. The second kappa shape index (κ2) is 10.7. The molecule has 0 spiro atoms. The van der Waals surface area contributed by atoms with Gasteiger partial charge in [0.2, 0.25) is 5.13 Å². The molecule has 0 saturated heterocycles. The summed E-state index contributed by atoms with van der Waals surface area (Å²) >= 11 is 1.53. The Morgan fingerprint density at radius 3 is 2.76 bits per heavy atom. The number of thiazole rings is 1. The molecule has 0 fully saturated rings. The monoisotopic (exact) mass is 361 g/mol. The minimum atomic E-state index is 0.601. The van der Waals surface area contributed by atoms with Gasteiger partial charge in [-0.15, -0.1) is 11.3 Å². The van der Waals surface area contributed by atoms with Crippen LogP contribution < -0.4 is 14.9 Å². The highest BCUT2D eigenvalue weighted by Gasteiger charge is 2.06. The van der Waals surface area contributed by atoms with E-state index < -0.39 is 0 Å². The molecule has 6 heteroatoms. The number of hydrazone groups is 1. The highest BCUT2D eigenvalue weighted by molar-refractivity contribution is 7.13. The Hall–Kier alpha value is -2.08. The van der Waals surface area contributed by atoms with E-state index in [-0.39, 0.29) is 0 Å². The fourth-order valence-electron chi connectivity index (χ4n) is 2.27. The van der Waals surface area contributed by atoms with Gasteiger partial charge < -0.3 is 9.47 Å². The zero-order chi connectivity index (χ0) is 17.9. The third-order valence-electron chi connectivity index (χ3n) is 3.52. The summed E-state index contributed by atoms with van der Waals surface area (Å²) in [6.07, 6.45) is 6.51. The van der Waals surface area contributed by atoms with Crippen molar-refractivity contribution in [1.29, 1.82) is 0 Å². The second-order valence-electron chi connectivity index (χ2n) is 5.71. The van der Waals surface area contributed by atoms with Crippen LogP contribution in [-0.2, 0) is 0 Å². The van der Waals surface area contributed by atoms with Gasteiger partial charge in [-0.25, -0.2) is 4.98 Å². The number of anilines is 1. The second-order valence-corrected chi connectivity index (χ2v) is 6.57. The number of rotatable bonds is 11. The minimum absolute atomic E-state index is 0.601. The van der Waals surface area contributed by atoms with Crippen LogP contribution in [0.1, 0.15) is 50.8 Å². The summed E-state index contributed by atoms with van der Waals surface area (Å²) in [5.41, 5.74) is 4.87. The number of hydrogen-bond donors (Lipinski definition) is 1. The Labute approximate surface area is 154 Å². The molecule has 0 amide bonds. The van der Waals surface area contributed by atoms with Gasteiger partial charge in [-0.05, 0) is 44.0 Å². The number of aromatic nitrogens is 1. The van der Waals surface area contributed by atoms with Gasteiger partial charge in [0.05, 0.1) is 25.1 Å². The summed E-state index contributed by atoms with van der Waals surface area (Å²) in [7, 11) is 0. The van der Waals surface area contributed by atoms with Crippen LogP contribution in [0.15, 0.2) is 28.7 Å². The lowest BCUT2D eigenvalue weighted by Crippen LogP contribution is -2.02. The fourth-order valence-corrected chi connectivity index (χ4v) is 2.91. The van der Waals surface area contributed by atoms with E-state index in [2.05, 4.69) is 22.4 Å². The zero-order valence-corrected chi connectivity index (χ0v) is 16.1. The number of nitrogens with zero attached hydrogens (tertiary/aromatic N) is 2. The molecule has 0 unspecified atom stereocenters. The summed E-state index contributed by atoms with van der Waals surface area (Å²) in [6, 6.07) is 5.87. The molecule has 5 nitrogen and oxygen atoms in total. The van der Waals surface area contributed by atoms with E-state index in [1.54, 1.807) is 6.21 Å². The first-order valence-electron chi connectivity index (χ1n) is 8.83.